The van der Waals surface area contributed by atoms with E-state index in [2.05, 4.69) is 26.3 Å². The van der Waals surface area contributed by atoms with Gasteiger partial charge in [0.05, 0.1) is 16.7 Å². The van der Waals surface area contributed by atoms with Crippen molar-refractivity contribution in [3.8, 4) is 0 Å². The number of hydrogen-bond donors (Lipinski definition) is 1. The third kappa shape index (κ3) is 2.84. The molecule has 4 nitrogen and oxygen atoms in total. The summed E-state index contributed by atoms with van der Waals surface area (Å²) < 4.78 is 1.76. The number of nitrogens with zero attached hydrogens (tertiary/aromatic N) is 2. The first-order chi connectivity index (χ1) is 6.13. The summed E-state index contributed by atoms with van der Waals surface area (Å²) in [4.78, 5) is 11.0. The van der Waals surface area contributed by atoms with Crippen molar-refractivity contribution < 1.29 is 4.79 Å². The van der Waals surface area contributed by atoms with Crippen molar-refractivity contribution in [1.29, 1.82) is 0 Å². The molecule has 72 valence electrons. The molecule has 0 radical (unpaired) electrons. The molecule has 1 heterocycles. The second-order valence-corrected chi connectivity index (χ2v) is 4.06. The normalized spacial score (nSPS) is 12.5. The minimum Gasteiger partial charge on any atom is -0.322 e. The molecule has 1 unspecified atom stereocenters. The highest BCUT2D eigenvalue weighted by Crippen LogP contribution is 2.07. The Balaban J connectivity index is 2.59. The van der Waals surface area contributed by atoms with Crippen molar-refractivity contribution in [2.45, 2.75) is 25.2 Å². The Kier molecular flexibility index (Phi) is 3.48. The maximum atomic E-state index is 11.2. The summed E-state index contributed by atoms with van der Waals surface area (Å²) in [6.07, 6.45) is 3.43. The molecule has 13 heavy (non-hydrogen) atoms. The average Bonchev–Trinajstić information content (AvgIpc) is 2.52. The molecule has 0 aliphatic heterocycles. The van der Waals surface area contributed by atoms with Gasteiger partial charge in [0.25, 0.3) is 0 Å². The number of aromatic nitrogens is 2. The minimum atomic E-state index is -0.183. The van der Waals surface area contributed by atoms with Gasteiger partial charge in [0.15, 0.2) is 0 Å². The highest BCUT2D eigenvalue weighted by Gasteiger charge is 2.09. The van der Waals surface area contributed by atoms with E-state index >= 15 is 0 Å². The number of carbonyl (C=O) groups is 1. The van der Waals surface area contributed by atoms with Gasteiger partial charge < -0.3 is 5.32 Å². The van der Waals surface area contributed by atoms with E-state index in [0.717, 1.165) is 12.2 Å². The van der Waals surface area contributed by atoms with Gasteiger partial charge in [-0.25, -0.2) is 0 Å². The van der Waals surface area contributed by atoms with Crippen LogP contribution in [0.5, 0.6) is 0 Å². The van der Waals surface area contributed by atoms with E-state index in [1.165, 1.54) is 0 Å². The molecule has 0 aliphatic carbocycles. The Morgan fingerprint density at radius 3 is 3.00 bits per heavy atom. The predicted molar refractivity (Wildman–Crippen MR) is 54.9 cm³/mol. The van der Waals surface area contributed by atoms with Crippen molar-refractivity contribution in [3.63, 3.8) is 0 Å². The van der Waals surface area contributed by atoms with Gasteiger partial charge in [0.1, 0.15) is 0 Å². The standard InChI is InChI=1S/C8H12BrN3O/c1-3-12-5-7(4-10-12)11-8(13)6(2)9/h4-6H,3H2,1-2H3,(H,11,13). The smallest absolute Gasteiger partial charge is 0.237 e. The Labute approximate surface area is 85.4 Å². The van der Waals surface area contributed by atoms with Crippen LogP contribution >= 0.6 is 15.9 Å². The number of nitrogens with one attached hydrogen (secondary N) is 1. The average molecular weight is 246 g/mol. The van der Waals surface area contributed by atoms with E-state index in [1.807, 2.05) is 6.92 Å². The second-order valence-electron chi connectivity index (χ2n) is 2.69. The van der Waals surface area contributed by atoms with Crippen LogP contribution in [0, 0.1) is 0 Å². The number of rotatable bonds is 3. The van der Waals surface area contributed by atoms with Gasteiger partial charge >= 0.3 is 0 Å². The molecule has 1 aromatic rings. The Hall–Kier alpha value is -0.840. The number of alkyl halides is 1. The van der Waals surface area contributed by atoms with Crippen molar-refractivity contribution in [3.05, 3.63) is 12.4 Å². The summed E-state index contributed by atoms with van der Waals surface area (Å²) in [5.74, 6) is -0.0596. The Bertz CT molecular complexity index is 295. The molecular formula is C8H12BrN3O. The lowest BCUT2D eigenvalue weighted by atomic mass is 10.4. The molecule has 5 heteroatoms. The van der Waals surface area contributed by atoms with Crippen LogP contribution in [-0.4, -0.2) is 20.5 Å². The fourth-order valence-corrected chi connectivity index (χ4v) is 0.957. The number of carbonyl (C=O) groups excluding carboxylic acids is 1. The van der Waals surface area contributed by atoms with Crippen molar-refractivity contribution in [1.82, 2.24) is 9.78 Å². The summed E-state index contributed by atoms with van der Waals surface area (Å²) in [5, 5.41) is 6.76. The van der Waals surface area contributed by atoms with Gasteiger partial charge in [-0.1, -0.05) is 15.9 Å². The molecule has 1 atom stereocenters. The molecule has 0 bridgehead atoms. The quantitative estimate of drug-likeness (QED) is 0.824. The topological polar surface area (TPSA) is 46.9 Å². The maximum absolute atomic E-state index is 11.2. The number of halogens is 1. The molecule has 1 aromatic heterocycles. The lowest BCUT2D eigenvalue weighted by Crippen LogP contribution is -2.19. The van der Waals surface area contributed by atoms with Gasteiger partial charge in [-0.2, -0.15) is 5.10 Å². The van der Waals surface area contributed by atoms with E-state index in [4.69, 9.17) is 0 Å². The van der Waals surface area contributed by atoms with Crippen LogP contribution in [0.2, 0.25) is 0 Å². The zero-order valence-electron chi connectivity index (χ0n) is 7.62. The third-order valence-corrected chi connectivity index (χ3v) is 2.00. The number of aryl methyl sites for hydroxylation is 1. The van der Waals surface area contributed by atoms with Crippen LogP contribution in [0.15, 0.2) is 12.4 Å². The largest absolute Gasteiger partial charge is 0.322 e. The lowest BCUT2D eigenvalue weighted by molar-refractivity contribution is -0.115. The Morgan fingerprint density at radius 2 is 2.54 bits per heavy atom. The monoisotopic (exact) mass is 245 g/mol. The van der Waals surface area contributed by atoms with Crippen LogP contribution in [0.3, 0.4) is 0 Å². The van der Waals surface area contributed by atoms with Crippen LogP contribution in [0.25, 0.3) is 0 Å². The maximum Gasteiger partial charge on any atom is 0.237 e. The molecule has 0 aromatic carbocycles. The number of amides is 1. The molecule has 0 spiro atoms. The molecule has 1 rings (SSSR count). The third-order valence-electron chi connectivity index (χ3n) is 1.59. The van der Waals surface area contributed by atoms with Crippen molar-refractivity contribution in [2.24, 2.45) is 0 Å². The summed E-state index contributed by atoms with van der Waals surface area (Å²) in [5.41, 5.74) is 0.734. The van der Waals surface area contributed by atoms with E-state index in [-0.39, 0.29) is 10.7 Å². The van der Waals surface area contributed by atoms with E-state index in [9.17, 15) is 4.79 Å². The SMILES string of the molecule is CCn1cc(NC(=O)C(C)Br)cn1. The zero-order valence-corrected chi connectivity index (χ0v) is 9.21. The molecular weight excluding hydrogens is 234 g/mol. The van der Waals surface area contributed by atoms with Crippen molar-refractivity contribution in [2.75, 3.05) is 5.32 Å². The molecule has 1 amide bonds. The first-order valence-electron chi connectivity index (χ1n) is 4.11. The number of hydrogen-bond acceptors (Lipinski definition) is 2. The van der Waals surface area contributed by atoms with Crippen molar-refractivity contribution >= 4 is 27.5 Å². The molecule has 1 N–H and O–H groups in total. The van der Waals surface area contributed by atoms with Crippen LogP contribution < -0.4 is 5.32 Å². The van der Waals surface area contributed by atoms with Gasteiger partial charge in [-0.3, -0.25) is 9.48 Å². The first kappa shape index (κ1) is 10.2. The second kappa shape index (κ2) is 4.41. The van der Waals surface area contributed by atoms with Gasteiger partial charge in [0.2, 0.25) is 5.91 Å². The molecule has 0 fully saturated rings. The first-order valence-corrected chi connectivity index (χ1v) is 5.02. The summed E-state index contributed by atoms with van der Waals surface area (Å²) in [6, 6.07) is 0. The van der Waals surface area contributed by atoms with Crippen LogP contribution in [0.1, 0.15) is 13.8 Å². The molecule has 0 saturated carbocycles. The predicted octanol–water partition coefficient (Wildman–Crippen LogP) is 1.62. The number of anilines is 1. The van der Waals surface area contributed by atoms with Crippen LogP contribution in [0.4, 0.5) is 5.69 Å². The molecule has 0 aliphatic rings. The van der Waals surface area contributed by atoms with E-state index in [1.54, 1.807) is 24.0 Å². The lowest BCUT2D eigenvalue weighted by Gasteiger charge is -2.02. The summed E-state index contributed by atoms with van der Waals surface area (Å²) >= 11 is 3.18. The zero-order chi connectivity index (χ0) is 9.84. The van der Waals surface area contributed by atoms with E-state index in [0.29, 0.717) is 0 Å². The highest BCUT2D eigenvalue weighted by atomic mass is 79.9. The fourth-order valence-electron chi connectivity index (χ4n) is 0.843. The minimum absolute atomic E-state index is 0.0596. The van der Waals surface area contributed by atoms with E-state index < -0.39 is 0 Å². The van der Waals surface area contributed by atoms with Gasteiger partial charge in [0, 0.05) is 12.7 Å². The van der Waals surface area contributed by atoms with Crippen LogP contribution in [-0.2, 0) is 11.3 Å². The molecule has 0 saturated heterocycles. The Morgan fingerprint density at radius 1 is 1.85 bits per heavy atom. The highest BCUT2D eigenvalue weighted by molar-refractivity contribution is 9.10. The summed E-state index contributed by atoms with van der Waals surface area (Å²) in [6.45, 7) is 4.57. The van der Waals surface area contributed by atoms with Gasteiger partial charge in [-0.15, -0.1) is 0 Å². The fraction of sp³-hybridized carbons (Fsp3) is 0.500. The van der Waals surface area contributed by atoms with Gasteiger partial charge in [-0.05, 0) is 13.8 Å². The summed E-state index contributed by atoms with van der Waals surface area (Å²) in [7, 11) is 0.